The summed E-state index contributed by atoms with van der Waals surface area (Å²) in [6.45, 7) is 10.1. The molecule has 0 saturated heterocycles. The van der Waals surface area contributed by atoms with Gasteiger partial charge in [-0.2, -0.15) is 0 Å². The van der Waals surface area contributed by atoms with Crippen LogP contribution in [-0.4, -0.2) is 12.0 Å². The van der Waals surface area contributed by atoms with Crippen LogP contribution in [0.2, 0.25) is 0 Å². The summed E-state index contributed by atoms with van der Waals surface area (Å²) < 4.78 is 5.88. The molecule has 0 unspecified atom stereocenters. The van der Waals surface area contributed by atoms with Crippen LogP contribution < -0.4 is 10.1 Å². The number of aryl methyl sites for hydroxylation is 3. The molecule has 2 atom stereocenters. The molecule has 0 aliphatic rings. The summed E-state index contributed by atoms with van der Waals surface area (Å²) in [5.41, 5.74) is 4.64. The molecule has 2 aromatic carbocycles. The second-order valence-electron chi connectivity index (χ2n) is 6.42. The average Bonchev–Trinajstić information content (AvgIpc) is 2.54. The average molecular weight is 325 g/mol. The molecule has 3 heteroatoms. The first-order chi connectivity index (χ1) is 11.4. The zero-order chi connectivity index (χ0) is 17.7. The van der Waals surface area contributed by atoms with E-state index >= 15 is 0 Å². The fourth-order valence-electron chi connectivity index (χ4n) is 2.79. The second-order valence-corrected chi connectivity index (χ2v) is 6.42. The highest BCUT2D eigenvalue weighted by atomic mass is 16.5. The van der Waals surface area contributed by atoms with Gasteiger partial charge in [0.25, 0.3) is 5.91 Å². The molecule has 0 fully saturated rings. The van der Waals surface area contributed by atoms with Gasteiger partial charge in [-0.3, -0.25) is 4.79 Å². The van der Waals surface area contributed by atoms with Crippen LogP contribution in [0.3, 0.4) is 0 Å². The molecule has 0 aliphatic heterocycles. The lowest BCUT2D eigenvalue weighted by atomic mass is 10.00. The van der Waals surface area contributed by atoms with Crippen molar-refractivity contribution in [3.63, 3.8) is 0 Å². The molecule has 0 aromatic heterocycles. The smallest absolute Gasteiger partial charge is 0.261 e. The van der Waals surface area contributed by atoms with Crippen molar-refractivity contribution in [2.75, 3.05) is 0 Å². The van der Waals surface area contributed by atoms with E-state index in [-0.39, 0.29) is 11.9 Å². The van der Waals surface area contributed by atoms with Crippen molar-refractivity contribution in [1.82, 2.24) is 5.32 Å². The van der Waals surface area contributed by atoms with E-state index in [1.165, 1.54) is 11.1 Å². The fraction of sp³-hybridized carbons (Fsp3) is 0.381. The third-order valence-corrected chi connectivity index (χ3v) is 4.19. The maximum Gasteiger partial charge on any atom is 0.261 e. The van der Waals surface area contributed by atoms with E-state index < -0.39 is 6.10 Å². The van der Waals surface area contributed by atoms with Gasteiger partial charge in [0, 0.05) is 0 Å². The Morgan fingerprint density at radius 2 is 1.79 bits per heavy atom. The van der Waals surface area contributed by atoms with Gasteiger partial charge in [0.05, 0.1) is 6.04 Å². The van der Waals surface area contributed by atoms with Crippen molar-refractivity contribution >= 4 is 5.91 Å². The highest BCUT2D eigenvalue weighted by Gasteiger charge is 2.21. The molecule has 0 saturated carbocycles. The van der Waals surface area contributed by atoms with Gasteiger partial charge in [-0.1, -0.05) is 42.8 Å². The molecule has 3 nitrogen and oxygen atoms in total. The van der Waals surface area contributed by atoms with Gasteiger partial charge in [0.15, 0.2) is 6.10 Å². The molecule has 24 heavy (non-hydrogen) atoms. The maximum atomic E-state index is 12.6. The van der Waals surface area contributed by atoms with Gasteiger partial charge in [-0.25, -0.2) is 0 Å². The number of benzene rings is 2. The standard InChI is InChI=1S/C21H27NO2/c1-6-20(24-18-9-7-8-14(2)12-18)21(23)22-17(5)19-13-15(3)10-11-16(19)4/h7-13,17,20H,6H2,1-5H3,(H,22,23)/t17-,20-/m0/s1. The SMILES string of the molecule is CC[C@H](Oc1cccc(C)c1)C(=O)N[C@@H](C)c1cc(C)ccc1C. The topological polar surface area (TPSA) is 38.3 Å². The quantitative estimate of drug-likeness (QED) is 0.840. The zero-order valence-electron chi connectivity index (χ0n) is 15.2. The monoisotopic (exact) mass is 325 g/mol. The Morgan fingerprint density at radius 1 is 1.08 bits per heavy atom. The minimum absolute atomic E-state index is 0.0486. The molecule has 0 radical (unpaired) electrons. The number of ether oxygens (including phenoxy) is 1. The first-order valence-corrected chi connectivity index (χ1v) is 8.51. The third kappa shape index (κ3) is 4.60. The third-order valence-electron chi connectivity index (χ3n) is 4.19. The van der Waals surface area contributed by atoms with E-state index in [1.807, 2.05) is 45.0 Å². The molecule has 0 bridgehead atoms. The molecule has 2 rings (SSSR count). The van der Waals surface area contributed by atoms with Crippen molar-refractivity contribution in [2.45, 2.75) is 53.2 Å². The summed E-state index contributed by atoms with van der Waals surface area (Å²) in [7, 11) is 0. The lowest BCUT2D eigenvalue weighted by Crippen LogP contribution is -2.39. The highest BCUT2D eigenvalue weighted by Crippen LogP contribution is 2.20. The summed E-state index contributed by atoms with van der Waals surface area (Å²) in [5, 5.41) is 3.09. The summed E-state index contributed by atoms with van der Waals surface area (Å²) >= 11 is 0. The Labute approximate surface area is 145 Å². The van der Waals surface area contributed by atoms with Crippen LogP contribution in [0.4, 0.5) is 0 Å². The molecule has 1 N–H and O–H groups in total. The van der Waals surface area contributed by atoms with Gasteiger partial charge < -0.3 is 10.1 Å². The normalized spacial score (nSPS) is 13.2. The molecule has 0 aliphatic carbocycles. The van der Waals surface area contributed by atoms with Crippen LogP contribution in [0, 0.1) is 20.8 Å². The van der Waals surface area contributed by atoms with Crippen molar-refractivity contribution in [1.29, 1.82) is 0 Å². The Bertz CT molecular complexity index is 709. The number of nitrogens with one attached hydrogen (secondary N) is 1. The summed E-state index contributed by atoms with van der Waals surface area (Å²) in [4.78, 5) is 12.6. The number of hydrogen-bond donors (Lipinski definition) is 1. The minimum atomic E-state index is -0.487. The van der Waals surface area contributed by atoms with Crippen LogP contribution in [0.25, 0.3) is 0 Å². The van der Waals surface area contributed by atoms with E-state index in [4.69, 9.17) is 4.74 Å². The largest absolute Gasteiger partial charge is 0.481 e. The molecular weight excluding hydrogens is 298 g/mol. The Balaban J connectivity index is 2.07. The second kappa shape index (κ2) is 8.00. The molecular formula is C21H27NO2. The van der Waals surface area contributed by atoms with Gasteiger partial charge in [-0.15, -0.1) is 0 Å². The van der Waals surface area contributed by atoms with E-state index in [0.29, 0.717) is 6.42 Å². The van der Waals surface area contributed by atoms with Gasteiger partial charge in [0.2, 0.25) is 0 Å². The maximum absolute atomic E-state index is 12.6. The van der Waals surface area contributed by atoms with Crippen LogP contribution in [0.15, 0.2) is 42.5 Å². The van der Waals surface area contributed by atoms with Crippen molar-refractivity contribution in [2.24, 2.45) is 0 Å². The Hall–Kier alpha value is -2.29. The lowest BCUT2D eigenvalue weighted by Gasteiger charge is -2.22. The lowest BCUT2D eigenvalue weighted by molar-refractivity contribution is -0.128. The van der Waals surface area contributed by atoms with Crippen LogP contribution in [0.5, 0.6) is 5.75 Å². The van der Waals surface area contributed by atoms with E-state index in [9.17, 15) is 4.79 Å². The van der Waals surface area contributed by atoms with Crippen LogP contribution in [0.1, 0.15) is 48.6 Å². The number of hydrogen-bond acceptors (Lipinski definition) is 2. The van der Waals surface area contributed by atoms with Gasteiger partial charge >= 0.3 is 0 Å². The predicted molar refractivity (Wildman–Crippen MR) is 98.4 cm³/mol. The van der Waals surface area contributed by atoms with E-state index in [1.54, 1.807) is 0 Å². The summed E-state index contributed by atoms with van der Waals surface area (Å²) in [6, 6.07) is 14.0. The first-order valence-electron chi connectivity index (χ1n) is 8.51. The Morgan fingerprint density at radius 3 is 2.46 bits per heavy atom. The molecule has 0 spiro atoms. The molecule has 0 heterocycles. The molecule has 1 amide bonds. The summed E-state index contributed by atoms with van der Waals surface area (Å²) in [5.74, 6) is 0.656. The first kappa shape index (κ1) is 18.1. The molecule has 128 valence electrons. The number of carbonyl (C=O) groups is 1. The summed E-state index contributed by atoms with van der Waals surface area (Å²) in [6.07, 6.45) is 0.138. The van der Waals surface area contributed by atoms with Gasteiger partial charge in [0.1, 0.15) is 5.75 Å². The minimum Gasteiger partial charge on any atom is -0.481 e. The van der Waals surface area contributed by atoms with Crippen molar-refractivity contribution in [3.05, 3.63) is 64.7 Å². The van der Waals surface area contributed by atoms with Gasteiger partial charge in [-0.05, 0) is 62.9 Å². The Kier molecular flexibility index (Phi) is 6.02. The van der Waals surface area contributed by atoms with Crippen molar-refractivity contribution < 1.29 is 9.53 Å². The van der Waals surface area contributed by atoms with E-state index in [0.717, 1.165) is 16.9 Å². The number of amides is 1. The molecule has 2 aromatic rings. The van der Waals surface area contributed by atoms with E-state index in [2.05, 4.69) is 37.4 Å². The van der Waals surface area contributed by atoms with Crippen LogP contribution in [-0.2, 0) is 4.79 Å². The highest BCUT2D eigenvalue weighted by molar-refractivity contribution is 5.81. The predicted octanol–water partition coefficient (Wildman–Crippen LogP) is 4.65. The fourth-order valence-corrected chi connectivity index (χ4v) is 2.79. The number of carbonyl (C=O) groups excluding carboxylic acids is 1. The van der Waals surface area contributed by atoms with Crippen LogP contribution >= 0.6 is 0 Å². The van der Waals surface area contributed by atoms with Crippen molar-refractivity contribution in [3.8, 4) is 5.75 Å². The zero-order valence-corrected chi connectivity index (χ0v) is 15.2. The number of rotatable bonds is 6.